The molecule has 3 amide bonds. The maximum absolute atomic E-state index is 13.4. The number of anilines is 2. The molecule has 0 radical (unpaired) electrons. The Morgan fingerprint density at radius 3 is 1.53 bits per heavy atom. The molecule has 3 N–H and O–H groups in total. The highest BCUT2D eigenvalue weighted by Gasteiger charge is 2.32. The second-order valence-corrected chi connectivity index (χ2v) is 15.0. The van der Waals surface area contributed by atoms with Crippen LogP contribution in [0.2, 0.25) is 10.0 Å². The Hall–Kier alpha value is -4.85. The van der Waals surface area contributed by atoms with Gasteiger partial charge in [0.1, 0.15) is 25.5 Å². The first-order valence-corrected chi connectivity index (χ1v) is 19.0. The summed E-state index contributed by atoms with van der Waals surface area (Å²) in [4.78, 5) is 60.4. The van der Waals surface area contributed by atoms with E-state index in [1.54, 1.807) is 0 Å². The van der Waals surface area contributed by atoms with Crippen LogP contribution in [-0.2, 0) is 55.9 Å². The molecule has 0 aliphatic carbocycles. The molecule has 59 heavy (non-hydrogen) atoms. The fourth-order valence-corrected chi connectivity index (χ4v) is 7.24. The second kappa shape index (κ2) is 19.9. The normalized spacial score (nSPS) is 11.4. The highest BCUT2D eigenvalue weighted by molar-refractivity contribution is 9.11. The highest BCUT2D eigenvalue weighted by atomic mass is 79.9. The summed E-state index contributed by atoms with van der Waals surface area (Å²) in [6.45, 7) is 0.841. The maximum atomic E-state index is 13.4. The van der Waals surface area contributed by atoms with Crippen molar-refractivity contribution in [1.82, 2.24) is 5.32 Å². The van der Waals surface area contributed by atoms with Crippen LogP contribution in [-0.4, -0.2) is 36.2 Å². The van der Waals surface area contributed by atoms with Gasteiger partial charge in [-0.15, -0.1) is 0 Å². The number of alkyl halides is 6. The minimum atomic E-state index is -4.70. The summed E-state index contributed by atoms with van der Waals surface area (Å²) in [5.41, 5.74) is -1.60. The predicted molar refractivity (Wildman–Crippen MR) is 210 cm³/mol. The lowest BCUT2D eigenvalue weighted by Gasteiger charge is -2.15. The van der Waals surface area contributed by atoms with Crippen molar-refractivity contribution < 1.29 is 64.5 Å². The zero-order valence-electron chi connectivity index (χ0n) is 30.4. The SMILES string of the molecule is CC(=O)Nc1cc(COc2c(Cl)cc(CCC(=O)OC(=O)CNC(=O)c3cc(Br)c(OCc4cc(NC(C)=O)cc(C(F)(F)F)c4)c(Br)c3)cc2Cl)cc(C(F)(F)F)c1. The third kappa shape index (κ3) is 14.1. The molecule has 0 spiro atoms. The van der Waals surface area contributed by atoms with Crippen LogP contribution in [0.3, 0.4) is 0 Å². The minimum absolute atomic E-state index is 0.00734. The van der Waals surface area contributed by atoms with Gasteiger partial charge in [-0.05, 0) is 116 Å². The molecular weight excluding hydrogens is 971 g/mol. The van der Waals surface area contributed by atoms with Crippen molar-refractivity contribution in [3.05, 3.63) is 113 Å². The molecule has 11 nitrogen and oxygen atoms in total. The van der Waals surface area contributed by atoms with E-state index < -0.39 is 66.3 Å². The lowest BCUT2D eigenvalue weighted by atomic mass is 10.1. The van der Waals surface area contributed by atoms with Gasteiger partial charge in [-0.2, -0.15) is 26.3 Å². The van der Waals surface area contributed by atoms with Gasteiger partial charge in [0.25, 0.3) is 5.91 Å². The van der Waals surface area contributed by atoms with E-state index in [0.717, 1.165) is 38.1 Å². The second-order valence-electron chi connectivity index (χ2n) is 12.5. The molecule has 0 aromatic heterocycles. The first-order valence-electron chi connectivity index (χ1n) is 16.7. The van der Waals surface area contributed by atoms with Crippen LogP contribution in [0.4, 0.5) is 37.7 Å². The minimum Gasteiger partial charge on any atom is -0.487 e. The largest absolute Gasteiger partial charge is 0.487 e. The topological polar surface area (TPSA) is 149 Å². The number of ether oxygens (including phenoxy) is 3. The Kier molecular flexibility index (Phi) is 15.8. The van der Waals surface area contributed by atoms with E-state index in [4.69, 9.17) is 37.4 Å². The predicted octanol–water partition coefficient (Wildman–Crippen LogP) is 10.1. The van der Waals surface area contributed by atoms with Crippen molar-refractivity contribution in [3.63, 3.8) is 0 Å². The average Bonchev–Trinajstić information content (AvgIpc) is 3.10. The van der Waals surface area contributed by atoms with Gasteiger partial charge >= 0.3 is 24.3 Å². The number of halogens is 10. The molecule has 0 unspecified atom stereocenters. The molecule has 0 fully saturated rings. The standard InChI is InChI=1S/C38H29Br2Cl2F6N3O8/c1-18(52)50-26-7-21(5-24(13-26)37(43,44)45)16-57-34-28(39)11-23(12-29(34)40)36(56)49-15-33(55)59-32(54)4-3-20-9-30(41)35(31(42)10-20)58-17-22-6-25(38(46,47)48)14-27(8-22)51-19(2)53/h5-14H,3-4,15-17H2,1-2H3,(H,49,56)(H,50,52)(H,51,53). The van der Waals surface area contributed by atoms with E-state index in [1.165, 1.54) is 36.4 Å². The summed E-state index contributed by atoms with van der Waals surface area (Å²) < 4.78 is 97.0. The van der Waals surface area contributed by atoms with Crippen LogP contribution >= 0.6 is 55.1 Å². The third-order valence-corrected chi connectivity index (χ3v) is 9.34. The molecule has 0 bridgehead atoms. The van der Waals surface area contributed by atoms with Crippen molar-refractivity contribution in [2.24, 2.45) is 0 Å². The summed E-state index contributed by atoms with van der Waals surface area (Å²) >= 11 is 19.1. The molecule has 0 heterocycles. The smallest absolute Gasteiger partial charge is 0.416 e. The summed E-state index contributed by atoms with van der Waals surface area (Å²) in [5.74, 6) is -3.86. The molecule has 0 saturated carbocycles. The molecule has 0 aliphatic rings. The Bertz CT molecular complexity index is 2250. The molecule has 4 aromatic carbocycles. The zero-order valence-corrected chi connectivity index (χ0v) is 35.0. The van der Waals surface area contributed by atoms with Crippen LogP contribution < -0.4 is 25.4 Å². The van der Waals surface area contributed by atoms with Crippen molar-refractivity contribution in [3.8, 4) is 11.5 Å². The van der Waals surface area contributed by atoms with Crippen LogP contribution in [0.15, 0.2) is 69.6 Å². The zero-order chi connectivity index (χ0) is 43.8. The summed E-state index contributed by atoms with van der Waals surface area (Å²) in [7, 11) is 0. The number of rotatable bonds is 14. The van der Waals surface area contributed by atoms with Gasteiger partial charge in [-0.25, -0.2) is 4.79 Å². The number of amides is 3. The fourth-order valence-electron chi connectivity index (χ4n) is 5.18. The molecule has 21 heteroatoms. The number of carbonyl (C=O) groups excluding carboxylic acids is 5. The molecule has 0 atom stereocenters. The van der Waals surface area contributed by atoms with Crippen molar-refractivity contribution in [2.75, 3.05) is 17.2 Å². The van der Waals surface area contributed by atoms with E-state index in [1.807, 2.05) is 0 Å². The first-order chi connectivity index (χ1) is 27.5. The lowest BCUT2D eigenvalue weighted by molar-refractivity contribution is -0.159. The van der Waals surface area contributed by atoms with Crippen LogP contribution in [0, 0.1) is 0 Å². The Morgan fingerprint density at radius 1 is 0.627 bits per heavy atom. The van der Waals surface area contributed by atoms with E-state index in [-0.39, 0.29) is 78.0 Å². The molecule has 0 aliphatic heterocycles. The molecule has 4 rings (SSSR count). The number of carbonyl (C=O) groups is 5. The van der Waals surface area contributed by atoms with Gasteiger partial charge in [-0.1, -0.05) is 23.2 Å². The molecule has 314 valence electrons. The number of benzene rings is 4. The van der Waals surface area contributed by atoms with Gasteiger partial charge < -0.3 is 30.2 Å². The van der Waals surface area contributed by atoms with Crippen LogP contribution in [0.25, 0.3) is 0 Å². The van der Waals surface area contributed by atoms with E-state index in [2.05, 4.69) is 47.8 Å². The Morgan fingerprint density at radius 2 is 1.08 bits per heavy atom. The molecular formula is C38H29Br2Cl2F6N3O8. The third-order valence-electron chi connectivity index (χ3n) is 7.60. The summed E-state index contributed by atoms with van der Waals surface area (Å²) in [5, 5.41) is 6.86. The molecule has 0 saturated heterocycles. The first kappa shape index (κ1) is 46.8. The number of nitrogens with one attached hydrogen (secondary N) is 3. The van der Waals surface area contributed by atoms with Gasteiger partial charge in [-0.3, -0.25) is 19.2 Å². The summed E-state index contributed by atoms with van der Waals surface area (Å²) in [6.07, 6.45) is -9.72. The maximum Gasteiger partial charge on any atom is 0.416 e. The fraction of sp³-hybridized carbons (Fsp3) is 0.237. The highest BCUT2D eigenvalue weighted by Crippen LogP contribution is 2.38. The Balaban J connectivity index is 1.29. The molecule has 4 aromatic rings. The van der Waals surface area contributed by atoms with E-state index >= 15 is 0 Å². The van der Waals surface area contributed by atoms with Crippen molar-refractivity contribution >= 4 is 96.1 Å². The monoisotopic (exact) mass is 997 g/mol. The lowest BCUT2D eigenvalue weighted by Crippen LogP contribution is -2.31. The average molecular weight is 1000 g/mol. The van der Waals surface area contributed by atoms with Crippen molar-refractivity contribution in [1.29, 1.82) is 0 Å². The van der Waals surface area contributed by atoms with Gasteiger partial charge in [0.05, 0.1) is 36.5 Å². The quantitative estimate of drug-likeness (QED) is 0.0643. The Labute approximate surface area is 358 Å². The van der Waals surface area contributed by atoms with Gasteiger partial charge in [0, 0.05) is 30.8 Å². The van der Waals surface area contributed by atoms with Gasteiger partial charge in [0.2, 0.25) is 11.8 Å². The number of hydrogen-bond donors (Lipinski definition) is 3. The summed E-state index contributed by atoms with van der Waals surface area (Å²) in [6, 6.07) is 11.3. The number of esters is 2. The van der Waals surface area contributed by atoms with Crippen molar-refractivity contribution in [2.45, 2.75) is 52.3 Å². The van der Waals surface area contributed by atoms with Crippen LogP contribution in [0.5, 0.6) is 11.5 Å². The number of hydrogen-bond acceptors (Lipinski definition) is 8. The van der Waals surface area contributed by atoms with E-state index in [9.17, 15) is 50.3 Å². The van der Waals surface area contributed by atoms with E-state index in [0.29, 0.717) is 5.56 Å². The van der Waals surface area contributed by atoms with Crippen LogP contribution in [0.1, 0.15) is 58.4 Å². The number of aryl methyl sites for hydroxylation is 1. The van der Waals surface area contributed by atoms with Gasteiger partial charge in [0.15, 0.2) is 5.75 Å².